The van der Waals surface area contributed by atoms with Gasteiger partial charge in [0.25, 0.3) is 0 Å². The first-order chi connectivity index (χ1) is 16.0. The van der Waals surface area contributed by atoms with Gasteiger partial charge in [0.2, 0.25) is 0 Å². The van der Waals surface area contributed by atoms with Crippen LogP contribution in [0.4, 0.5) is 4.79 Å². The minimum absolute atomic E-state index is 0.148. The third kappa shape index (κ3) is 4.88. The molecule has 0 bridgehead atoms. The number of aromatic nitrogens is 2. The number of nitrogens with zero attached hydrogens (tertiary/aromatic N) is 3. The Morgan fingerprint density at radius 1 is 1.09 bits per heavy atom. The fraction of sp³-hybridized carbons (Fsp3) is 0.407. The second-order valence-corrected chi connectivity index (χ2v) is 10.8. The van der Waals surface area contributed by atoms with Gasteiger partial charge in [0, 0.05) is 28.9 Å². The van der Waals surface area contributed by atoms with E-state index < -0.39 is 11.0 Å². The zero-order chi connectivity index (χ0) is 24.7. The van der Waals surface area contributed by atoms with Crippen molar-refractivity contribution in [3.8, 4) is 5.69 Å². The summed E-state index contributed by atoms with van der Waals surface area (Å²) in [5.41, 5.74) is 2.43. The topological polar surface area (TPSA) is 47.4 Å². The summed E-state index contributed by atoms with van der Waals surface area (Å²) < 4.78 is 7.77. The number of hydrogen-bond acceptors (Lipinski definition) is 3. The monoisotopic (exact) mass is 475 g/mol. The van der Waals surface area contributed by atoms with Gasteiger partial charge in [0.05, 0.1) is 11.7 Å². The normalized spacial score (nSPS) is 16.6. The molecule has 176 valence electrons. The third-order valence-corrected chi connectivity index (χ3v) is 6.55. The summed E-state index contributed by atoms with van der Waals surface area (Å²) in [5.74, 6) is 0.844. The molecule has 1 unspecified atom stereocenters. The van der Waals surface area contributed by atoms with E-state index in [0.29, 0.717) is 17.0 Å². The Kier molecular flexibility index (Phi) is 6.56. The van der Waals surface area contributed by atoms with Gasteiger partial charge < -0.3 is 9.30 Å². The predicted molar refractivity (Wildman–Crippen MR) is 137 cm³/mol. The summed E-state index contributed by atoms with van der Waals surface area (Å²) in [7, 11) is 5.95. The van der Waals surface area contributed by atoms with Crippen LogP contribution >= 0.6 is 11.6 Å². The molecule has 0 saturated carbocycles. The molecule has 0 spiro atoms. The smallest absolute Gasteiger partial charge is 0.410 e. The molecule has 1 aliphatic rings. The van der Waals surface area contributed by atoms with E-state index in [1.54, 1.807) is 4.90 Å². The molecule has 5 nitrogen and oxygen atoms in total. The summed E-state index contributed by atoms with van der Waals surface area (Å²) in [6.45, 7) is 10.5. The maximum atomic E-state index is 12.9. The molecule has 1 saturated heterocycles. The minimum Gasteiger partial charge on any atom is -0.444 e. The van der Waals surface area contributed by atoms with Crippen molar-refractivity contribution in [1.29, 1.82) is 0 Å². The van der Waals surface area contributed by atoms with E-state index in [2.05, 4.69) is 18.4 Å². The van der Waals surface area contributed by atoms with Gasteiger partial charge in [0.1, 0.15) is 19.3 Å². The van der Waals surface area contributed by atoms with Gasteiger partial charge in [-0.1, -0.05) is 47.4 Å². The van der Waals surface area contributed by atoms with Gasteiger partial charge in [0.15, 0.2) is 0 Å². The van der Waals surface area contributed by atoms with E-state index in [-0.39, 0.29) is 12.1 Å². The maximum Gasteiger partial charge on any atom is 0.410 e. The fourth-order valence-corrected chi connectivity index (χ4v) is 4.91. The van der Waals surface area contributed by atoms with Crippen molar-refractivity contribution in [3.05, 3.63) is 76.8 Å². The Hall–Kier alpha value is -2.73. The first-order valence-corrected chi connectivity index (χ1v) is 12.1. The molecule has 4 rings (SSSR count). The molecule has 1 amide bonds. The number of benzene rings is 2. The van der Waals surface area contributed by atoms with Gasteiger partial charge in [-0.15, -0.1) is 0 Å². The SMILES string of the molecule is [B]c1ccc(-n2cc(C3CCCN3C(=O)OC(C)(C)C)nc2C(C)(C)c2ccccc2Cl)cc1. The van der Waals surface area contributed by atoms with Crippen LogP contribution in [0.2, 0.25) is 5.02 Å². The van der Waals surface area contributed by atoms with Crippen molar-refractivity contribution >= 4 is 31.0 Å². The summed E-state index contributed by atoms with van der Waals surface area (Å²) in [6, 6.07) is 15.4. The van der Waals surface area contributed by atoms with Crippen molar-refractivity contribution in [3.63, 3.8) is 0 Å². The third-order valence-electron chi connectivity index (χ3n) is 6.22. The van der Waals surface area contributed by atoms with Crippen LogP contribution in [0.15, 0.2) is 54.7 Å². The van der Waals surface area contributed by atoms with Crippen LogP contribution in [-0.4, -0.2) is 40.5 Å². The number of rotatable bonds is 4. The fourth-order valence-electron chi connectivity index (χ4n) is 4.53. The number of carbonyl (C=O) groups excluding carboxylic acids is 1. The highest BCUT2D eigenvalue weighted by Gasteiger charge is 2.37. The van der Waals surface area contributed by atoms with Crippen LogP contribution < -0.4 is 5.46 Å². The van der Waals surface area contributed by atoms with Crippen molar-refractivity contribution in [2.75, 3.05) is 6.54 Å². The second kappa shape index (κ2) is 9.14. The van der Waals surface area contributed by atoms with Crippen LogP contribution in [0.1, 0.15) is 70.6 Å². The van der Waals surface area contributed by atoms with Crippen molar-refractivity contribution < 1.29 is 9.53 Å². The molecule has 0 N–H and O–H groups in total. The lowest BCUT2D eigenvalue weighted by Gasteiger charge is -2.28. The molecule has 1 aromatic heterocycles. The Morgan fingerprint density at radius 2 is 1.76 bits per heavy atom. The molecule has 1 fully saturated rings. The first-order valence-electron chi connectivity index (χ1n) is 11.7. The molecule has 34 heavy (non-hydrogen) atoms. The van der Waals surface area contributed by atoms with E-state index >= 15 is 0 Å². The number of likely N-dealkylation sites (tertiary alicyclic amines) is 1. The molecule has 1 aliphatic heterocycles. The number of hydrogen-bond donors (Lipinski definition) is 0. The van der Waals surface area contributed by atoms with Crippen LogP contribution in [0, 0.1) is 0 Å². The maximum absolute atomic E-state index is 12.9. The van der Waals surface area contributed by atoms with Crippen LogP contribution in [-0.2, 0) is 10.2 Å². The zero-order valence-corrected chi connectivity index (χ0v) is 21.3. The van der Waals surface area contributed by atoms with Gasteiger partial charge in [-0.25, -0.2) is 9.78 Å². The van der Waals surface area contributed by atoms with Gasteiger partial charge in [-0.3, -0.25) is 4.90 Å². The van der Waals surface area contributed by atoms with E-state index in [4.69, 9.17) is 29.2 Å². The molecule has 2 radical (unpaired) electrons. The molecular weight excluding hydrogens is 445 g/mol. The van der Waals surface area contributed by atoms with E-state index in [9.17, 15) is 4.79 Å². The Balaban J connectivity index is 1.81. The summed E-state index contributed by atoms with van der Waals surface area (Å²) in [5, 5.41) is 0.692. The standard InChI is InChI=1S/C27H31BClN3O2/c1-26(2,3)34-25(33)31-16-8-11-23(31)22-17-32(19-14-12-18(28)13-15-19)24(30-22)27(4,5)20-9-6-7-10-21(20)29/h6-7,9-10,12-15,17,23H,8,11,16H2,1-5H3. The highest BCUT2D eigenvalue weighted by Crippen LogP contribution is 2.39. The van der Waals surface area contributed by atoms with Crippen molar-refractivity contribution in [2.45, 2.75) is 64.5 Å². The molecule has 1 atom stereocenters. The Labute approximate surface area is 208 Å². The number of halogens is 1. The van der Waals surface area contributed by atoms with Crippen LogP contribution in [0.5, 0.6) is 0 Å². The molecular formula is C27H31BClN3O2. The number of carbonyl (C=O) groups is 1. The summed E-state index contributed by atoms with van der Waals surface area (Å²) in [4.78, 5) is 19.9. The lowest BCUT2D eigenvalue weighted by Crippen LogP contribution is -2.36. The predicted octanol–water partition coefficient (Wildman–Crippen LogP) is 5.72. The Morgan fingerprint density at radius 3 is 2.41 bits per heavy atom. The van der Waals surface area contributed by atoms with Crippen molar-refractivity contribution in [1.82, 2.24) is 14.5 Å². The van der Waals surface area contributed by atoms with E-state index in [0.717, 1.165) is 35.6 Å². The number of imidazole rings is 1. The first kappa shape index (κ1) is 24.4. The minimum atomic E-state index is -0.551. The highest BCUT2D eigenvalue weighted by molar-refractivity contribution is 6.32. The molecule has 2 aromatic carbocycles. The molecule has 2 heterocycles. The molecule has 7 heteroatoms. The quantitative estimate of drug-likeness (QED) is 0.454. The molecule has 3 aromatic rings. The molecule has 0 aliphatic carbocycles. The van der Waals surface area contributed by atoms with Gasteiger partial charge in [-0.2, -0.15) is 0 Å². The van der Waals surface area contributed by atoms with E-state index in [1.165, 1.54) is 0 Å². The lowest BCUT2D eigenvalue weighted by atomic mass is 9.83. The largest absolute Gasteiger partial charge is 0.444 e. The summed E-state index contributed by atoms with van der Waals surface area (Å²) in [6.07, 6.45) is 3.47. The highest BCUT2D eigenvalue weighted by atomic mass is 35.5. The van der Waals surface area contributed by atoms with Crippen LogP contribution in [0.25, 0.3) is 5.69 Å². The van der Waals surface area contributed by atoms with E-state index in [1.807, 2.05) is 75.5 Å². The number of ether oxygens (including phenoxy) is 1. The zero-order valence-electron chi connectivity index (χ0n) is 20.5. The average Bonchev–Trinajstić information content (AvgIpc) is 3.41. The van der Waals surface area contributed by atoms with Crippen molar-refractivity contribution in [2.24, 2.45) is 0 Å². The van der Waals surface area contributed by atoms with Crippen LogP contribution in [0.3, 0.4) is 0 Å². The second-order valence-electron chi connectivity index (χ2n) is 10.4. The average molecular weight is 476 g/mol. The Bertz CT molecular complexity index is 1180. The van der Waals surface area contributed by atoms with Gasteiger partial charge >= 0.3 is 6.09 Å². The summed E-state index contributed by atoms with van der Waals surface area (Å²) >= 11 is 6.61. The number of amides is 1. The van der Waals surface area contributed by atoms with Gasteiger partial charge in [-0.05, 0) is 71.2 Å². The lowest BCUT2D eigenvalue weighted by molar-refractivity contribution is 0.0221.